The van der Waals surface area contributed by atoms with E-state index in [-0.39, 0.29) is 11.7 Å². The summed E-state index contributed by atoms with van der Waals surface area (Å²) in [5, 5.41) is 2.79. The minimum atomic E-state index is -0.415. The highest BCUT2D eigenvalue weighted by Crippen LogP contribution is 2.18. The molecule has 0 aliphatic rings. The lowest BCUT2D eigenvalue weighted by Crippen LogP contribution is -2.28. The molecule has 1 N–H and O–H groups in total. The average Bonchev–Trinajstić information content (AvgIpc) is 2.57. The third-order valence-corrected chi connectivity index (χ3v) is 3.54. The van der Waals surface area contributed by atoms with Gasteiger partial charge >= 0.3 is 0 Å². The van der Waals surface area contributed by atoms with E-state index in [2.05, 4.69) is 5.32 Å². The van der Waals surface area contributed by atoms with Crippen LogP contribution in [0.5, 0.6) is 11.5 Å². The minimum Gasteiger partial charge on any atom is -0.494 e. The number of benzene rings is 2. The van der Waals surface area contributed by atoms with E-state index in [1.807, 2.05) is 31.2 Å². The van der Waals surface area contributed by atoms with Crippen LogP contribution in [0.4, 0.5) is 4.39 Å². The predicted molar refractivity (Wildman–Crippen MR) is 91.0 cm³/mol. The number of methoxy groups -OCH3 is 1. The highest BCUT2D eigenvalue weighted by Gasteiger charge is 2.06. The fourth-order valence-corrected chi connectivity index (χ4v) is 2.28. The Morgan fingerprint density at radius 3 is 2.75 bits per heavy atom. The highest BCUT2D eigenvalue weighted by molar-refractivity contribution is 5.76. The minimum absolute atomic E-state index is 0.0842. The second kappa shape index (κ2) is 8.91. The number of halogens is 1. The Bertz CT molecular complexity index is 688. The number of ether oxygens (including phenoxy) is 2. The summed E-state index contributed by atoms with van der Waals surface area (Å²) in [4.78, 5) is 11.8. The Hall–Kier alpha value is -2.56. The molecule has 2 aromatic rings. The molecule has 0 fully saturated rings. The third kappa shape index (κ3) is 5.57. The number of nitrogens with one attached hydrogen (secondary N) is 1. The molecular weight excluding hydrogens is 309 g/mol. The lowest BCUT2D eigenvalue weighted by atomic mass is 10.1. The molecule has 0 aliphatic carbocycles. The number of hydrogen-bond donors (Lipinski definition) is 1. The summed E-state index contributed by atoms with van der Waals surface area (Å²) in [5.41, 5.74) is 1.89. The van der Waals surface area contributed by atoms with Crippen LogP contribution in [0, 0.1) is 12.7 Å². The SMILES string of the molecule is COc1ccc(CCC(=O)NCCOc2cccc(C)c2)cc1F. The van der Waals surface area contributed by atoms with Crippen molar-refractivity contribution in [2.75, 3.05) is 20.3 Å². The van der Waals surface area contributed by atoms with E-state index >= 15 is 0 Å². The summed E-state index contributed by atoms with van der Waals surface area (Å²) in [6.07, 6.45) is 0.779. The van der Waals surface area contributed by atoms with Gasteiger partial charge in [0.15, 0.2) is 11.6 Å². The fraction of sp³-hybridized carbons (Fsp3) is 0.316. The number of amides is 1. The van der Waals surface area contributed by atoms with Crippen molar-refractivity contribution in [3.05, 3.63) is 59.4 Å². The number of carbonyl (C=O) groups excluding carboxylic acids is 1. The van der Waals surface area contributed by atoms with Crippen LogP contribution in [-0.2, 0) is 11.2 Å². The van der Waals surface area contributed by atoms with Crippen molar-refractivity contribution in [2.24, 2.45) is 0 Å². The van der Waals surface area contributed by atoms with E-state index < -0.39 is 5.82 Å². The van der Waals surface area contributed by atoms with Crippen LogP contribution in [0.1, 0.15) is 17.5 Å². The summed E-state index contributed by atoms with van der Waals surface area (Å²) in [6, 6.07) is 12.5. The van der Waals surface area contributed by atoms with Gasteiger partial charge in [-0.1, -0.05) is 18.2 Å². The Kier molecular flexibility index (Phi) is 6.61. The maximum atomic E-state index is 13.6. The number of hydrogen-bond acceptors (Lipinski definition) is 3. The molecule has 2 aromatic carbocycles. The monoisotopic (exact) mass is 331 g/mol. The molecule has 0 spiro atoms. The fourth-order valence-electron chi connectivity index (χ4n) is 2.28. The zero-order valence-electron chi connectivity index (χ0n) is 14.0. The van der Waals surface area contributed by atoms with Gasteiger partial charge in [0.25, 0.3) is 0 Å². The van der Waals surface area contributed by atoms with Crippen molar-refractivity contribution in [3.63, 3.8) is 0 Å². The zero-order valence-corrected chi connectivity index (χ0v) is 14.0. The van der Waals surface area contributed by atoms with Crippen molar-refractivity contribution in [2.45, 2.75) is 19.8 Å². The standard InChI is InChI=1S/C19H22FNO3/c1-14-4-3-5-16(12-14)24-11-10-21-19(22)9-7-15-6-8-18(23-2)17(20)13-15/h3-6,8,12-13H,7,9-11H2,1-2H3,(H,21,22). The lowest BCUT2D eigenvalue weighted by Gasteiger charge is -2.09. The van der Waals surface area contributed by atoms with Crippen LogP contribution in [0.2, 0.25) is 0 Å². The van der Waals surface area contributed by atoms with E-state index in [9.17, 15) is 9.18 Å². The first-order valence-corrected chi connectivity index (χ1v) is 7.87. The van der Waals surface area contributed by atoms with E-state index in [0.717, 1.165) is 16.9 Å². The van der Waals surface area contributed by atoms with Gasteiger partial charge in [0, 0.05) is 6.42 Å². The molecule has 4 nitrogen and oxygen atoms in total. The van der Waals surface area contributed by atoms with E-state index in [0.29, 0.717) is 26.0 Å². The number of carbonyl (C=O) groups is 1. The molecule has 0 saturated heterocycles. The normalized spacial score (nSPS) is 10.3. The first-order chi connectivity index (χ1) is 11.6. The summed E-state index contributed by atoms with van der Waals surface area (Å²) in [6.45, 7) is 2.84. The van der Waals surface area contributed by atoms with Gasteiger partial charge in [0.2, 0.25) is 5.91 Å². The van der Waals surface area contributed by atoms with Crippen LogP contribution in [0.3, 0.4) is 0 Å². The molecule has 0 atom stereocenters. The van der Waals surface area contributed by atoms with Crippen molar-refractivity contribution in [1.82, 2.24) is 5.32 Å². The zero-order chi connectivity index (χ0) is 17.4. The molecule has 24 heavy (non-hydrogen) atoms. The van der Waals surface area contributed by atoms with Gasteiger partial charge in [0.1, 0.15) is 12.4 Å². The molecule has 0 saturated carbocycles. The molecule has 1 amide bonds. The third-order valence-electron chi connectivity index (χ3n) is 3.54. The van der Waals surface area contributed by atoms with Crippen LogP contribution in [0.15, 0.2) is 42.5 Å². The number of rotatable bonds is 8. The first kappa shape index (κ1) is 17.8. The van der Waals surface area contributed by atoms with Crippen LogP contribution in [-0.4, -0.2) is 26.2 Å². The Balaban J connectivity index is 1.67. The summed E-state index contributed by atoms with van der Waals surface area (Å²) in [5.74, 6) is 0.496. The molecule has 0 aliphatic heterocycles. The highest BCUT2D eigenvalue weighted by atomic mass is 19.1. The van der Waals surface area contributed by atoms with Gasteiger partial charge in [-0.05, 0) is 48.7 Å². The van der Waals surface area contributed by atoms with E-state index in [4.69, 9.17) is 9.47 Å². The Morgan fingerprint density at radius 2 is 2.04 bits per heavy atom. The second-order valence-electron chi connectivity index (χ2n) is 5.48. The predicted octanol–water partition coefficient (Wildman–Crippen LogP) is 3.27. The molecular formula is C19H22FNO3. The first-order valence-electron chi connectivity index (χ1n) is 7.87. The largest absolute Gasteiger partial charge is 0.494 e. The van der Waals surface area contributed by atoms with Gasteiger partial charge in [-0.25, -0.2) is 4.39 Å². The van der Waals surface area contributed by atoms with Crippen LogP contribution < -0.4 is 14.8 Å². The molecule has 5 heteroatoms. The maximum absolute atomic E-state index is 13.6. The lowest BCUT2D eigenvalue weighted by molar-refractivity contribution is -0.121. The Morgan fingerprint density at radius 1 is 1.21 bits per heavy atom. The molecule has 0 radical (unpaired) electrons. The van der Waals surface area contributed by atoms with Crippen molar-refractivity contribution >= 4 is 5.91 Å². The molecule has 2 rings (SSSR count). The molecule has 0 unspecified atom stereocenters. The van der Waals surface area contributed by atoms with Gasteiger partial charge < -0.3 is 14.8 Å². The molecule has 128 valence electrons. The number of aryl methyl sites for hydroxylation is 2. The van der Waals surface area contributed by atoms with Gasteiger partial charge in [-0.15, -0.1) is 0 Å². The summed E-state index contributed by atoms with van der Waals surface area (Å²) >= 11 is 0. The summed E-state index contributed by atoms with van der Waals surface area (Å²) in [7, 11) is 1.42. The summed E-state index contributed by atoms with van der Waals surface area (Å²) < 4.78 is 24.0. The average molecular weight is 331 g/mol. The van der Waals surface area contributed by atoms with Gasteiger partial charge in [0.05, 0.1) is 13.7 Å². The van der Waals surface area contributed by atoms with Crippen molar-refractivity contribution < 1.29 is 18.7 Å². The quantitative estimate of drug-likeness (QED) is 0.755. The van der Waals surface area contributed by atoms with E-state index in [1.165, 1.54) is 13.2 Å². The Labute approximate surface area is 141 Å². The molecule has 0 bridgehead atoms. The van der Waals surface area contributed by atoms with Crippen LogP contribution >= 0.6 is 0 Å². The van der Waals surface area contributed by atoms with Crippen molar-refractivity contribution in [3.8, 4) is 11.5 Å². The van der Waals surface area contributed by atoms with Gasteiger partial charge in [-0.3, -0.25) is 4.79 Å². The van der Waals surface area contributed by atoms with Crippen LogP contribution in [0.25, 0.3) is 0 Å². The smallest absolute Gasteiger partial charge is 0.220 e. The molecule has 0 aromatic heterocycles. The topological polar surface area (TPSA) is 47.6 Å². The van der Waals surface area contributed by atoms with Gasteiger partial charge in [-0.2, -0.15) is 0 Å². The van der Waals surface area contributed by atoms with Crippen molar-refractivity contribution in [1.29, 1.82) is 0 Å². The maximum Gasteiger partial charge on any atom is 0.220 e. The second-order valence-corrected chi connectivity index (χ2v) is 5.48. The van der Waals surface area contributed by atoms with E-state index in [1.54, 1.807) is 12.1 Å². The molecule has 0 heterocycles.